The Morgan fingerprint density at radius 3 is 2.42 bits per heavy atom. The summed E-state index contributed by atoms with van der Waals surface area (Å²) in [4.78, 5) is 25.7. The Hall–Kier alpha value is -2.82. The number of unbranched alkanes of at least 4 members (excludes halogenated alkanes) is 2. The van der Waals surface area contributed by atoms with Crippen molar-refractivity contribution < 1.29 is 9.59 Å². The maximum Gasteiger partial charge on any atom is 0.321 e. The number of nitrogens with one attached hydrogen (secondary N) is 2. The highest BCUT2D eigenvalue weighted by Crippen LogP contribution is 2.18. The summed E-state index contributed by atoms with van der Waals surface area (Å²) >= 11 is 0. The van der Waals surface area contributed by atoms with Crippen LogP contribution in [0.4, 0.5) is 16.2 Å². The molecule has 5 heteroatoms. The van der Waals surface area contributed by atoms with Gasteiger partial charge in [-0.05, 0) is 54.8 Å². The fourth-order valence-corrected chi connectivity index (χ4v) is 3.05. The van der Waals surface area contributed by atoms with Gasteiger partial charge in [-0.3, -0.25) is 9.69 Å². The number of nitrogens with zero attached hydrogens (tertiary/aromatic N) is 1. The van der Waals surface area contributed by atoms with Crippen molar-refractivity contribution in [2.45, 2.75) is 32.6 Å². The minimum atomic E-state index is -0.152. The summed E-state index contributed by atoms with van der Waals surface area (Å²) in [5.41, 5.74) is 3.45. The molecular formula is C21H25N3O2. The molecule has 0 spiro atoms. The average Bonchev–Trinajstić information content (AvgIpc) is 3.09. The number of aryl methyl sites for hydroxylation is 1. The predicted octanol–water partition coefficient (Wildman–Crippen LogP) is 4.20. The number of urea groups is 1. The predicted molar refractivity (Wildman–Crippen MR) is 105 cm³/mol. The Morgan fingerprint density at radius 2 is 1.81 bits per heavy atom. The van der Waals surface area contributed by atoms with E-state index in [2.05, 4.69) is 29.7 Å². The molecule has 1 heterocycles. The first kappa shape index (κ1) is 18.0. The molecular weight excluding hydrogens is 326 g/mol. The summed E-state index contributed by atoms with van der Waals surface area (Å²) < 4.78 is 0. The third kappa shape index (κ3) is 4.42. The minimum Gasteiger partial charge on any atom is -0.336 e. The monoisotopic (exact) mass is 351 g/mol. The van der Waals surface area contributed by atoms with E-state index in [1.54, 1.807) is 29.2 Å². The van der Waals surface area contributed by atoms with E-state index in [-0.39, 0.29) is 11.9 Å². The van der Waals surface area contributed by atoms with Crippen LogP contribution in [0, 0.1) is 0 Å². The fraction of sp³-hybridized carbons (Fsp3) is 0.333. The van der Waals surface area contributed by atoms with Crippen LogP contribution >= 0.6 is 0 Å². The van der Waals surface area contributed by atoms with Crippen LogP contribution < -0.4 is 15.5 Å². The molecule has 0 bridgehead atoms. The van der Waals surface area contributed by atoms with Crippen LogP contribution in [-0.2, 0) is 6.42 Å². The number of carbonyl (C=O) groups is 2. The summed E-state index contributed by atoms with van der Waals surface area (Å²) in [5.74, 6) is -0.152. The first-order chi connectivity index (χ1) is 12.7. The van der Waals surface area contributed by atoms with E-state index >= 15 is 0 Å². The number of benzene rings is 2. The SMILES string of the molecule is CCCCCc1ccc(NC(=O)c2ccc(N3CCNC3=O)cc2)cc1. The molecule has 0 radical (unpaired) electrons. The van der Waals surface area contributed by atoms with Crippen LogP contribution in [0.15, 0.2) is 48.5 Å². The normalized spacial score (nSPS) is 13.6. The molecule has 2 N–H and O–H groups in total. The van der Waals surface area contributed by atoms with E-state index in [9.17, 15) is 9.59 Å². The van der Waals surface area contributed by atoms with Gasteiger partial charge in [0.2, 0.25) is 0 Å². The molecule has 3 rings (SSSR count). The van der Waals surface area contributed by atoms with Crippen molar-refractivity contribution in [2.24, 2.45) is 0 Å². The van der Waals surface area contributed by atoms with Crippen molar-refractivity contribution in [1.29, 1.82) is 0 Å². The lowest BCUT2D eigenvalue weighted by Gasteiger charge is -2.14. The number of rotatable bonds is 7. The van der Waals surface area contributed by atoms with Gasteiger partial charge < -0.3 is 10.6 Å². The second kappa shape index (κ2) is 8.52. The average molecular weight is 351 g/mol. The van der Waals surface area contributed by atoms with Gasteiger partial charge in [0.15, 0.2) is 0 Å². The zero-order valence-electron chi connectivity index (χ0n) is 15.1. The first-order valence-electron chi connectivity index (χ1n) is 9.23. The van der Waals surface area contributed by atoms with Crippen molar-refractivity contribution in [1.82, 2.24) is 5.32 Å². The number of hydrogen-bond acceptors (Lipinski definition) is 2. The van der Waals surface area contributed by atoms with Gasteiger partial charge in [-0.15, -0.1) is 0 Å². The molecule has 5 nitrogen and oxygen atoms in total. The highest BCUT2D eigenvalue weighted by atomic mass is 16.2. The molecule has 1 fully saturated rings. The Kier molecular flexibility index (Phi) is 5.89. The zero-order valence-corrected chi connectivity index (χ0v) is 15.1. The molecule has 3 amide bonds. The molecule has 136 valence electrons. The fourth-order valence-electron chi connectivity index (χ4n) is 3.05. The second-order valence-corrected chi connectivity index (χ2v) is 6.54. The molecule has 26 heavy (non-hydrogen) atoms. The summed E-state index contributed by atoms with van der Waals surface area (Å²) in [6, 6.07) is 15.0. The lowest BCUT2D eigenvalue weighted by molar-refractivity contribution is 0.102. The number of hydrogen-bond donors (Lipinski definition) is 2. The topological polar surface area (TPSA) is 61.4 Å². The van der Waals surface area contributed by atoms with Gasteiger partial charge >= 0.3 is 6.03 Å². The molecule has 0 unspecified atom stereocenters. The van der Waals surface area contributed by atoms with Crippen LogP contribution in [0.2, 0.25) is 0 Å². The van der Waals surface area contributed by atoms with Gasteiger partial charge in [-0.25, -0.2) is 4.79 Å². The number of anilines is 2. The smallest absolute Gasteiger partial charge is 0.321 e. The second-order valence-electron chi connectivity index (χ2n) is 6.54. The standard InChI is InChI=1S/C21H25N3O2/c1-2-3-4-5-16-6-10-18(11-7-16)23-20(25)17-8-12-19(13-9-17)24-15-14-22-21(24)26/h6-13H,2-5,14-15H2,1H3,(H,22,26)(H,23,25). The Labute approximate surface area is 154 Å². The molecule has 1 aliphatic rings. The molecule has 0 saturated carbocycles. The summed E-state index contributed by atoms with van der Waals surface area (Å²) in [7, 11) is 0. The molecule has 0 aromatic heterocycles. The Morgan fingerprint density at radius 1 is 1.08 bits per heavy atom. The van der Waals surface area contributed by atoms with E-state index in [0.29, 0.717) is 18.7 Å². The minimum absolute atomic E-state index is 0.0961. The summed E-state index contributed by atoms with van der Waals surface area (Å²) in [5, 5.41) is 5.68. The van der Waals surface area contributed by atoms with Crippen LogP contribution in [0.3, 0.4) is 0 Å². The maximum absolute atomic E-state index is 12.4. The van der Waals surface area contributed by atoms with E-state index in [0.717, 1.165) is 17.8 Å². The highest BCUT2D eigenvalue weighted by Gasteiger charge is 2.21. The summed E-state index contributed by atoms with van der Waals surface area (Å²) in [6.07, 6.45) is 4.74. The third-order valence-corrected chi connectivity index (χ3v) is 4.58. The quantitative estimate of drug-likeness (QED) is 0.734. The molecule has 2 aromatic rings. The Balaban J connectivity index is 1.58. The van der Waals surface area contributed by atoms with Crippen molar-refractivity contribution in [3.63, 3.8) is 0 Å². The van der Waals surface area contributed by atoms with E-state index in [1.807, 2.05) is 12.1 Å². The van der Waals surface area contributed by atoms with Gasteiger partial charge in [-0.2, -0.15) is 0 Å². The van der Waals surface area contributed by atoms with Gasteiger partial charge in [0.25, 0.3) is 5.91 Å². The lowest BCUT2D eigenvalue weighted by atomic mass is 10.1. The van der Waals surface area contributed by atoms with E-state index in [4.69, 9.17) is 0 Å². The maximum atomic E-state index is 12.4. The molecule has 1 aliphatic heterocycles. The van der Waals surface area contributed by atoms with Crippen molar-refractivity contribution in [3.8, 4) is 0 Å². The Bertz CT molecular complexity index is 754. The number of amides is 3. The van der Waals surface area contributed by atoms with Crippen LogP contribution in [0.5, 0.6) is 0 Å². The zero-order chi connectivity index (χ0) is 18.4. The van der Waals surface area contributed by atoms with Gasteiger partial charge in [0.1, 0.15) is 0 Å². The molecule has 1 saturated heterocycles. The van der Waals surface area contributed by atoms with Crippen LogP contribution in [0.1, 0.15) is 42.1 Å². The molecule has 0 atom stereocenters. The largest absolute Gasteiger partial charge is 0.336 e. The molecule has 2 aromatic carbocycles. The highest BCUT2D eigenvalue weighted by molar-refractivity contribution is 6.04. The first-order valence-corrected chi connectivity index (χ1v) is 9.23. The van der Waals surface area contributed by atoms with Crippen LogP contribution in [-0.4, -0.2) is 25.0 Å². The summed E-state index contributed by atoms with van der Waals surface area (Å²) in [6.45, 7) is 3.50. The van der Waals surface area contributed by atoms with Crippen LogP contribution in [0.25, 0.3) is 0 Å². The molecule has 0 aliphatic carbocycles. The van der Waals surface area contributed by atoms with Gasteiger partial charge in [0, 0.05) is 30.0 Å². The number of carbonyl (C=O) groups excluding carboxylic acids is 2. The van der Waals surface area contributed by atoms with Crippen molar-refractivity contribution >= 4 is 23.3 Å². The van der Waals surface area contributed by atoms with E-state index < -0.39 is 0 Å². The van der Waals surface area contributed by atoms with Gasteiger partial charge in [-0.1, -0.05) is 31.9 Å². The third-order valence-electron chi connectivity index (χ3n) is 4.58. The van der Waals surface area contributed by atoms with Crippen molar-refractivity contribution in [3.05, 3.63) is 59.7 Å². The van der Waals surface area contributed by atoms with Crippen molar-refractivity contribution in [2.75, 3.05) is 23.3 Å². The van der Waals surface area contributed by atoms with E-state index in [1.165, 1.54) is 24.8 Å². The van der Waals surface area contributed by atoms with Gasteiger partial charge in [0.05, 0.1) is 0 Å². The lowest BCUT2D eigenvalue weighted by Crippen LogP contribution is -2.27.